The van der Waals surface area contributed by atoms with E-state index in [0.29, 0.717) is 17.1 Å². The number of hydrogen-bond acceptors (Lipinski definition) is 4. The van der Waals surface area contributed by atoms with Gasteiger partial charge in [-0.2, -0.15) is 0 Å². The third-order valence-electron chi connectivity index (χ3n) is 3.03. The number of methoxy groups -OCH3 is 1. The van der Waals surface area contributed by atoms with Crippen molar-refractivity contribution in [2.24, 2.45) is 4.99 Å². The molecule has 0 spiro atoms. The van der Waals surface area contributed by atoms with Gasteiger partial charge in [0.2, 0.25) is 0 Å². The van der Waals surface area contributed by atoms with Crippen LogP contribution in [-0.4, -0.2) is 30.5 Å². The maximum absolute atomic E-state index is 11.0. The average molecular weight is 378 g/mol. The van der Waals surface area contributed by atoms with E-state index in [4.69, 9.17) is 14.6 Å². The first-order valence-corrected chi connectivity index (χ1v) is 7.66. The standard InChI is InChI=1S/C17H16BrNO4/c1-11(17(20)21)23-16-12(5-3-8-15(16)22-2)10-19-14-7-4-6-13(18)9-14/h3-11H,1-2H3,(H,20,21)/t11-/m0/s1. The van der Waals surface area contributed by atoms with Crippen molar-refractivity contribution in [3.63, 3.8) is 0 Å². The lowest BCUT2D eigenvalue weighted by Gasteiger charge is -2.15. The van der Waals surface area contributed by atoms with Crippen LogP contribution in [0.25, 0.3) is 0 Å². The Balaban J connectivity index is 2.35. The van der Waals surface area contributed by atoms with E-state index in [2.05, 4.69) is 20.9 Å². The zero-order valence-corrected chi connectivity index (χ0v) is 14.3. The number of carboxylic acids is 1. The molecule has 0 heterocycles. The molecule has 2 aromatic rings. The first-order chi connectivity index (χ1) is 11.0. The van der Waals surface area contributed by atoms with Gasteiger partial charge in [-0.25, -0.2) is 4.79 Å². The van der Waals surface area contributed by atoms with E-state index >= 15 is 0 Å². The second kappa shape index (κ2) is 7.78. The van der Waals surface area contributed by atoms with Crippen molar-refractivity contribution in [3.8, 4) is 11.5 Å². The highest BCUT2D eigenvalue weighted by atomic mass is 79.9. The second-order valence-corrected chi connectivity index (χ2v) is 5.63. The summed E-state index contributed by atoms with van der Waals surface area (Å²) in [6.07, 6.45) is 0.623. The van der Waals surface area contributed by atoms with Crippen LogP contribution in [0.5, 0.6) is 11.5 Å². The van der Waals surface area contributed by atoms with Crippen molar-refractivity contribution < 1.29 is 19.4 Å². The van der Waals surface area contributed by atoms with Crippen LogP contribution in [0, 0.1) is 0 Å². The Morgan fingerprint density at radius 3 is 2.70 bits per heavy atom. The molecule has 0 saturated carbocycles. The summed E-state index contributed by atoms with van der Waals surface area (Å²) in [5.41, 5.74) is 1.40. The molecule has 0 fully saturated rings. The number of ether oxygens (including phenoxy) is 2. The number of carbonyl (C=O) groups is 1. The number of rotatable bonds is 6. The smallest absolute Gasteiger partial charge is 0.344 e. The lowest BCUT2D eigenvalue weighted by molar-refractivity contribution is -0.144. The van der Waals surface area contributed by atoms with E-state index in [1.54, 1.807) is 24.4 Å². The Kier molecular flexibility index (Phi) is 5.76. The number of halogens is 1. The fourth-order valence-corrected chi connectivity index (χ4v) is 2.24. The first kappa shape index (κ1) is 17.0. The summed E-state index contributed by atoms with van der Waals surface area (Å²) in [6, 6.07) is 12.8. The molecule has 2 rings (SSSR count). The number of para-hydroxylation sites is 1. The second-order valence-electron chi connectivity index (χ2n) is 4.72. The van der Waals surface area contributed by atoms with Gasteiger partial charge in [0, 0.05) is 16.3 Å². The average Bonchev–Trinajstić information content (AvgIpc) is 2.53. The van der Waals surface area contributed by atoms with E-state index < -0.39 is 12.1 Å². The summed E-state index contributed by atoms with van der Waals surface area (Å²) in [7, 11) is 1.50. The Morgan fingerprint density at radius 2 is 2.04 bits per heavy atom. The van der Waals surface area contributed by atoms with Gasteiger partial charge in [0.1, 0.15) is 0 Å². The van der Waals surface area contributed by atoms with E-state index in [-0.39, 0.29) is 0 Å². The zero-order valence-electron chi connectivity index (χ0n) is 12.7. The fraction of sp³-hybridized carbons (Fsp3) is 0.176. The maximum atomic E-state index is 11.0. The van der Waals surface area contributed by atoms with Crippen LogP contribution in [0.15, 0.2) is 51.9 Å². The summed E-state index contributed by atoms with van der Waals surface area (Å²) in [5.74, 6) is -0.245. The SMILES string of the molecule is COc1cccc(C=Nc2cccc(Br)c2)c1O[C@@H](C)C(=O)O. The Bertz CT molecular complexity index is 730. The monoisotopic (exact) mass is 377 g/mol. The molecule has 0 amide bonds. The number of carboxylic acid groups (broad SMARTS) is 1. The first-order valence-electron chi connectivity index (χ1n) is 6.87. The van der Waals surface area contributed by atoms with E-state index in [1.165, 1.54) is 14.0 Å². The maximum Gasteiger partial charge on any atom is 0.344 e. The Morgan fingerprint density at radius 1 is 1.30 bits per heavy atom. The Labute approximate surface area is 142 Å². The number of nitrogens with zero attached hydrogens (tertiary/aromatic N) is 1. The molecular formula is C17H16BrNO4. The predicted octanol–water partition coefficient (Wildman–Crippen LogP) is 4.06. The summed E-state index contributed by atoms with van der Waals surface area (Å²) in [6.45, 7) is 1.46. The summed E-state index contributed by atoms with van der Waals surface area (Å²) >= 11 is 3.39. The van der Waals surface area contributed by atoms with Crippen molar-refractivity contribution >= 4 is 33.8 Å². The molecule has 0 aromatic heterocycles. The van der Waals surface area contributed by atoms with Gasteiger partial charge in [0.05, 0.1) is 12.8 Å². The topological polar surface area (TPSA) is 68.1 Å². The van der Waals surface area contributed by atoms with Crippen molar-refractivity contribution in [1.82, 2.24) is 0 Å². The van der Waals surface area contributed by atoms with Crippen molar-refractivity contribution in [3.05, 3.63) is 52.5 Å². The van der Waals surface area contributed by atoms with Crippen molar-refractivity contribution in [1.29, 1.82) is 0 Å². The largest absolute Gasteiger partial charge is 0.493 e. The molecule has 0 bridgehead atoms. The number of hydrogen-bond donors (Lipinski definition) is 1. The molecule has 5 nitrogen and oxygen atoms in total. The molecule has 0 aliphatic rings. The van der Waals surface area contributed by atoms with Crippen LogP contribution in [-0.2, 0) is 4.79 Å². The van der Waals surface area contributed by atoms with Gasteiger partial charge in [-0.15, -0.1) is 0 Å². The van der Waals surface area contributed by atoms with Gasteiger partial charge in [-0.1, -0.05) is 28.1 Å². The molecule has 6 heteroatoms. The molecule has 0 aliphatic carbocycles. The molecule has 2 aromatic carbocycles. The molecule has 1 N–H and O–H groups in total. The molecule has 1 atom stereocenters. The van der Waals surface area contributed by atoms with Crippen molar-refractivity contribution in [2.45, 2.75) is 13.0 Å². The number of aliphatic carboxylic acids is 1. The van der Waals surface area contributed by atoms with Gasteiger partial charge >= 0.3 is 5.97 Å². The summed E-state index contributed by atoms with van der Waals surface area (Å²) in [4.78, 5) is 15.4. The molecule has 0 radical (unpaired) electrons. The third kappa shape index (κ3) is 4.56. The minimum atomic E-state index is -1.05. The van der Waals surface area contributed by atoms with Crippen LogP contribution in [0.4, 0.5) is 5.69 Å². The minimum Gasteiger partial charge on any atom is -0.493 e. The molecule has 120 valence electrons. The lowest BCUT2D eigenvalue weighted by atomic mass is 10.2. The van der Waals surface area contributed by atoms with Gasteiger partial charge in [0.15, 0.2) is 17.6 Å². The molecule has 0 saturated heterocycles. The van der Waals surface area contributed by atoms with Gasteiger partial charge in [0.25, 0.3) is 0 Å². The van der Waals surface area contributed by atoms with Crippen LogP contribution in [0.1, 0.15) is 12.5 Å². The molecule has 0 aliphatic heterocycles. The van der Waals surface area contributed by atoms with Gasteiger partial charge < -0.3 is 14.6 Å². The van der Waals surface area contributed by atoms with Crippen LogP contribution >= 0.6 is 15.9 Å². The highest BCUT2D eigenvalue weighted by Crippen LogP contribution is 2.31. The molecule has 0 unspecified atom stereocenters. The molecule has 23 heavy (non-hydrogen) atoms. The van der Waals surface area contributed by atoms with Crippen molar-refractivity contribution in [2.75, 3.05) is 7.11 Å². The highest BCUT2D eigenvalue weighted by Gasteiger charge is 2.17. The quantitative estimate of drug-likeness (QED) is 0.770. The Hall–Kier alpha value is -2.34. The minimum absolute atomic E-state index is 0.351. The lowest BCUT2D eigenvalue weighted by Crippen LogP contribution is -2.23. The summed E-state index contributed by atoms with van der Waals surface area (Å²) < 4.78 is 11.7. The highest BCUT2D eigenvalue weighted by molar-refractivity contribution is 9.10. The fourth-order valence-electron chi connectivity index (χ4n) is 1.85. The van der Waals surface area contributed by atoms with Gasteiger partial charge in [-0.05, 0) is 37.3 Å². The zero-order chi connectivity index (χ0) is 16.8. The number of aliphatic imine (C=N–C) groups is 1. The normalized spacial score (nSPS) is 12.1. The number of benzene rings is 2. The van der Waals surface area contributed by atoms with Crippen LogP contribution in [0.3, 0.4) is 0 Å². The summed E-state index contributed by atoms with van der Waals surface area (Å²) in [5, 5.41) is 9.03. The van der Waals surface area contributed by atoms with Crippen LogP contribution < -0.4 is 9.47 Å². The van der Waals surface area contributed by atoms with E-state index in [1.807, 2.05) is 24.3 Å². The van der Waals surface area contributed by atoms with Gasteiger partial charge in [-0.3, -0.25) is 4.99 Å². The van der Waals surface area contributed by atoms with E-state index in [0.717, 1.165) is 10.2 Å². The third-order valence-corrected chi connectivity index (χ3v) is 3.53. The predicted molar refractivity (Wildman–Crippen MR) is 92.1 cm³/mol. The van der Waals surface area contributed by atoms with Crippen LogP contribution in [0.2, 0.25) is 0 Å². The van der Waals surface area contributed by atoms with E-state index in [9.17, 15) is 4.79 Å². The molecular weight excluding hydrogens is 362 g/mol.